The second kappa shape index (κ2) is 8.14. The summed E-state index contributed by atoms with van der Waals surface area (Å²) in [6.45, 7) is 2.32. The molecule has 2 aliphatic rings. The smallest absolute Gasteiger partial charge is 0.174 e. The van der Waals surface area contributed by atoms with Crippen molar-refractivity contribution in [2.24, 2.45) is 23.7 Å². The highest BCUT2D eigenvalue weighted by atomic mass is 19.3. The highest BCUT2D eigenvalue weighted by molar-refractivity contribution is 4.90. The molecule has 0 unspecified atom stereocenters. The summed E-state index contributed by atoms with van der Waals surface area (Å²) in [7, 11) is 0. The summed E-state index contributed by atoms with van der Waals surface area (Å²) in [5.41, 5.74) is 0. The van der Waals surface area contributed by atoms with Crippen LogP contribution in [-0.2, 0) is 0 Å². The van der Waals surface area contributed by atoms with Crippen molar-refractivity contribution >= 4 is 0 Å². The highest BCUT2D eigenvalue weighted by Crippen LogP contribution is 2.37. The van der Waals surface area contributed by atoms with Gasteiger partial charge in [0, 0.05) is 0 Å². The predicted molar refractivity (Wildman–Crippen MR) is 80.7 cm³/mol. The van der Waals surface area contributed by atoms with Crippen molar-refractivity contribution in [3.05, 3.63) is 12.2 Å². The van der Waals surface area contributed by atoms with E-state index in [9.17, 15) is 8.78 Å². The Hall–Kier alpha value is -0.400. The van der Waals surface area contributed by atoms with Crippen LogP contribution in [0.3, 0.4) is 0 Å². The van der Waals surface area contributed by atoms with Crippen LogP contribution in [0.2, 0.25) is 0 Å². The van der Waals surface area contributed by atoms with Crippen molar-refractivity contribution in [1.29, 1.82) is 0 Å². The van der Waals surface area contributed by atoms with Crippen molar-refractivity contribution in [1.82, 2.24) is 0 Å². The normalized spacial score (nSPS) is 34.8. The van der Waals surface area contributed by atoms with Crippen LogP contribution in [0.25, 0.3) is 0 Å². The van der Waals surface area contributed by atoms with E-state index in [1.165, 1.54) is 63.9 Å². The van der Waals surface area contributed by atoms with Crippen molar-refractivity contribution in [2.45, 2.75) is 77.6 Å². The van der Waals surface area contributed by atoms with Crippen molar-refractivity contribution < 1.29 is 8.78 Å². The topological polar surface area (TPSA) is 0 Å². The molecule has 0 amide bonds. The lowest BCUT2D eigenvalue weighted by Crippen LogP contribution is -2.17. The lowest BCUT2D eigenvalue weighted by atomic mass is 9.75. The monoisotopic (exact) mass is 284 g/mol. The van der Waals surface area contributed by atoms with Crippen LogP contribution < -0.4 is 0 Å². The van der Waals surface area contributed by atoms with Gasteiger partial charge in [0.05, 0.1) is 0 Å². The Morgan fingerprint density at radius 1 is 0.800 bits per heavy atom. The van der Waals surface area contributed by atoms with E-state index in [2.05, 4.69) is 6.92 Å². The van der Waals surface area contributed by atoms with E-state index in [-0.39, 0.29) is 5.92 Å². The van der Waals surface area contributed by atoms with Gasteiger partial charge in [-0.05, 0) is 55.4 Å². The predicted octanol–water partition coefficient (Wildman–Crippen LogP) is 6.57. The molecule has 0 bridgehead atoms. The third kappa shape index (κ3) is 5.18. The third-order valence-corrected chi connectivity index (χ3v) is 5.78. The summed E-state index contributed by atoms with van der Waals surface area (Å²) in [5, 5.41) is 0. The average molecular weight is 284 g/mol. The molecule has 2 aliphatic carbocycles. The van der Waals surface area contributed by atoms with E-state index in [1.807, 2.05) is 0 Å². The Morgan fingerprint density at radius 3 is 1.70 bits per heavy atom. The van der Waals surface area contributed by atoms with Crippen LogP contribution in [0.4, 0.5) is 8.78 Å². The maximum Gasteiger partial charge on any atom is 0.266 e. The SMILES string of the molecule is CCC1CCC(CCC2CCC(C=C(F)F)CC2)CC1. The van der Waals surface area contributed by atoms with Gasteiger partial charge in [0.15, 0.2) is 0 Å². The lowest BCUT2D eigenvalue weighted by molar-refractivity contribution is 0.223. The molecule has 0 atom stereocenters. The van der Waals surface area contributed by atoms with Gasteiger partial charge in [-0.3, -0.25) is 0 Å². The van der Waals surface area contributed by atoms with Gasteiger partial charge in [-0.15, -0.1) is 0 Å². The van der Waals surface area contributed by atoms with Crippen LogP contribution in [0.1, 0.15) is 77.6 Å². The zero-order valence-electron chi connectivity index (χ0n) is 12.9. The lowest BCUT2D eigenvalue weighted by Gasteiger charge is -2.31. The van der Waals surface area contributed by atoms with Crippen LogP contribution in [0.5, 0.6) is 0 Å². The molecule has 0 saturated heterocycles. The average Bonchev–Trinajstić information content (AvgIpc) is 2.46. The molecule has 2 rings (SSSR count). The first-order valence-corrected chi connectivity index (χ1v) is 8.70. The molecule has 0 spiro atoms. The molecular formula is C18H30F2. The first-order valence-electron chi connectivity index (χ1n) is 8.70. The summed E-state index contributed by atoms with van der Waals surface area (Å²) in [6.07, 6.45) is 13.8. The molecule has 2 heteroatoms. The number of hydrogen-bond acceptors (Lipinski definition) is 0. The van der Waals surface area contributed by atoms with E-state index >= 15 is 0 Å². The number of halogens is 2. The van der Waals surface area contributed by atoms with Gasteiger partial charge in [0.1, 0.15) is 0 Å². The molecule has 0 aromatic heterocycles. The second-order valence-electron chi connectivity index (χ2n) is 7.11. The minimum atomic E-state index is -1.49. The quantitative estimate of drug-likeness (QED) is 0.535. The summed E-state index contributed by atoms with van der Waals surface area (Å²) < 4.78 is 24.5. The molecule has 0 aromatic carbocycles. The fraction of sp³-hybridized carbons (Fsp3) is 0.889. The van der Waals surface area contributed by atoms with Crippen LogP contribution in [0, 0.1) is 23.7 Å². The Kier molecular flexibility index (Phi) is 6.51. The Balaban J connectivity index is 1.61. The minimum Gasteiger partial charge on any atom is -0.174 e. The molecular weight excluding hydrogens is 254 g/mol. The summed E-state index contributed by atoms with van der Waals surface area (Å²) >= 11 is 0. The van der Waals surface area contributed by atoms with Crippen LogP contribution in [0.15, 0.2) is 12.2 Å². The standard InChI is InChI=1S/C18H30F2/c1-2-14-3-5-15(6-4-14)7-8-16-9-11-17(12-10-16)13-18(19)20/h13-17H,2-12H2,1H3. The summed E-state index contributed by atoms with van der Waals surface area (Å²) in [4.78, 5) is 0. The summed E-state index contributed by atoms with van der Waals surface area (Å²) in [5.74, 6) is 2.91. The van der Waals surface area contributed by atoms with E-state index in [0.717, 1.165) is 30.6 Å². The maximum absolute atomic E-state index is 12.2. The molecule has 0 nitrogen and oxygen atoms in total. The Bertz CT molecular complexity index is 291. The van der Waals surface area contributed by atoms with Crippen molar-refractivity contribution in [2.75, 3.05) is 0 Å². The van der Waals surface area contributed by atoms with Gasteiger partial charge in [0.2, 0.25) is 0 Å². The first-order chi connectivity index (χ1) is 9.67. The van der Waals surface area contributed by atoms with Crippen LogP contribution in [-0.4, -0.2) is 0 Å². The highest BCUT2D eigenvalue weighted by Gasteiger charge is 2.23. The Labute approximate surface area is 123 Å². The van der Waals surface area contributed by atoms with Gasteiger partial charge in [0.25, 0.3) is 6.08 Å². The molecule has 2 fully saturated rings. The van der Waals surface area contributed by atoms with Gasteiger partial charge < -0.3 is 0 Å². The zero-order valence-corrected chi connectivity index (χ0v) is 12.9. The van der Waals surface area contributed by atoms with Gasteiger partial charge in [-0.1, -0.05) is 51.9 Å². The van der Waals surface area contributed by atoms with Gasteiger partial charge in [-0.2, -0.15) is 8.78 Å². The molecule has 20 heavy (non-hydrogen) atoms. The third-order valence-electron chi connectivity index (χ3n) is 5.78. The van der Waals surface area contributed by atoms with Gasteiger partial charge in [-0.25, -0.2) is 0 Å². The molecule has 0 heterocycles. The fourth-order valence-electron chi connectivity index (χ4n) is 4.22. The molecule has 0 aromatic rings. The van der Waals surface area contributed by atoms with Crippen molar-refractivity contribution in [3.63, 3.8) is 0 Å². The fourth-order valence-corrected chi connectivity index (χ4v) is 4.22. The number of allylic oxidation sites excluding steroid dienone is 1. The van der Waals surface area contributed by atoms with E-state index in [4.69, 9.17) is 0 Å². The molecule has 0 aliphatic heterocycles. The number of rotatable bonds is 5. The van der Waals surface area contributed by atoms with E-state index in [1.54, 1.807) is 0 Å². The molecule has 0 radical (unpaired) electrons. The number of hydrogen-bond donors (Lipinski definition) is 0. The van der Waals surface area contributed by atoms with Crippen LogP contribution >= 0.6 is 0 Å². The van der Waals surface area contributed by atoms with Crippen molar-refractivity contribution in [3.8, 4) is 0 Å². The Morgan fingerprint density at radius 2 is 1.25 bits per heavy atom. The summed E-state index contributed by atoms with van der Waals surface area (Å²) in [6, 6.07) is 0. The first kappa shape index (κ1) is 16.0. The minimum absolute atomic E-state index is 0.149. The molecule has 0 N–H and O–H groups in total. The second-order valence-corrected chi connectivity index (χ2v) is 7.11. The van der Waals surface area contributed by atoms with E-state index in [0.29, 0.717) is 0 Å². The molecule has 116 valence electrons. The maximum atomic E-state index is 12.2. The van der Waals surface area contributed by atoms with Gasteiger partial charge >= 0.3 is 0 Å². The largest absolute Gasteiger partial charge is 0.266 e. The molecule has 2 saturated carbocycles. The zero-order chi connectivity index (χ0) is 14.4. The van der Waals surface area contributed by atoms with E-state index < -0.39 is 6.08 Å².